The molecule has 3 rings (SSSR count). The number of hydrogen-bond acceptors (Lipinski definition) is 2. The Balaban J connectivity index is 1.62. The number of carbonyl (C=O) groups is 1. The maximum absolute atomic E-state index is 12.7. The number of amides is 1. The van der Waals surface area contributed by atoms with Gasteiger partial charge in [-0.2, -0.15) is 0 Å². The lowest BCUT2D eigenvalue weighted by Gasteiger charge is -2.22. The first kappa shape index (κ1) is 16.1. The Kier molecular flexibility index (Phi) is 5.03. The van der Waals surface area contributed by atoms with Gasteiger partial charge >= 0.3 is 0 Å². The van der Waals surface area contributed by atoms with Crippen LogP contribution in [0.1, 0.15) is 22.5 Å². The lowest BCUT2D eigenvalue weighted by molar-refractivity contribution is 0.0751. The van der Waals surface area contributed by atoms with E-state index in [1.54, 1.807) is 16.8 Å². The summed E-state index contributed by atoms with van der Waals surface area (Å²) in [5.41, 5.74) is 1.98. The van der Waals surface area contributed by atoms with Crippen LogP contribution in [-0.4, -0.2) is 46.5 Å². The van der Waals surface area contributed by atoms with Crippen molar-refractivity contribution in [2.45, 2.75) is 13.0 Å². The van der Waals surface area contributed by atoms with E-state index in [1.807, 2.05) is 18.0 Å². The Morgan fingerprint density at radius 1 is 1.13 bits per heavy atom. The third-order valence-electron chi connectivity index (χ3n) is 4.32. The number of benzene rings is 1. The van der Waals surface area contributed by atoms with Crippen LogP contribution in [-0.2, 0) is 13.6 Å². The zero-order valence-corrected chi connectivity index (χ0v) is 14.2. The molecule has 1 aliphatic rings. The topological polar surface area (TPSA) is 28.5 Å². The summed E-state index contributed by atoms with van der Waals surface area (Å²) in [5, 5.41) is 0.608. The molecule has 5 heteroatoms. The quantitative estimate of drug-likeness (QED) is 0.865. The van der Waals surface area contributed by atoms with Gasteiger partial charge in [0.05, 0.1) is 5.02 Å². The summed E-state index contributed by atoms with van der Waals surface area (Å²) in [6.07, 6.45) is 2.77. The van der Waals surface area contributed by atoms with Crippen molar-refractivity contribution in [3.8, 4) is 0 Å². The van der Waals surface area contributed by atoms with Crippen molar-refractivity contribution in [2.24, 2.45) is 7.05 Å². The van der Waals surface area contributed by atoms with Crippen molar-refractivity contribution in [3.05, 3.63) is 58.9 Å². The van der Waals surface area contributed by atoms with Gasteiger partial charge < -0.3 is 9.47 Å². The lowest BCUT2D eigenvalue weighted by atomic mass is 10.2. The molecular formula is C18H22ClN3O. The van der Waals surface area contributed by atoms with E-state index in [9.17, 15) is 4.79 Å². The van der Waals surface area contributed by atoms with Gasteiger partial charge in [-0.05, 0) is 18.1 Å². The van der Waals surface area contributed by atoms with Gasteiger partial charge in [0.2, 0.25) is 0 Å². The van der Waals surface area contributed by atoms with Crippen LogP contribution in [0.4, 0.5) is 0 Å². The van der Waals surface area contributed by atoms with E-state index >= 15 is 0 Å². The summed E-state index contributed by atoms with van der Waals surface area (Å²) in [4.78, 5) is 17.0. The van der Waals surface area contributed by atoms with Crippen LogP contribution < -0.4 is 0 Å². The van der Waals surface area contributed by atoms with Crippen molar-refractivity contribution in [3.63, 3.8) is 0 Å². The number of rotatable bonds is 3. The number of aromatic nitrogens is 1. The number of halogens is 1. The molecular weight excluding hydrogens is 310 g/mol. The van der Waals surface area contributed by atoms with Crippen molar-refractivity contribution in [2.75, 3.05) is 26.2 Å². The fourth-order valence-electron chi connectivity index (χ4n) is 3.07. The standard InChI is InChI=1S/C18H22ClN3O/c1-20-14-16(19)12-17(20)18(23)22-9-5-8-21(10-11-22)13-15-6-3-2-4-7-15/h2-4,6-7,12,14H,5,8-11,13H2,1H3. The predicted octanol–water partition coefficient (Wildman–Crippen LogP) is 3.03. The van der Waals surface area contributed by atoms with Gasteiger partial charge in [-0.25, -0.2) is 0 Å². The second-order valence-electron chi connectivity index (χ2n) is 6.06. The van der Waals surface area contributed by atoms with Gasteiger partial charge in [-0.1, -0.05) is 41.9 Å². The summed E-state index contributed by atoms with van der Waals surface area (Å²) in [7, 11) is 1.86. The highest BCUT2D eigenvalue weighted by atomic mass is 35.5. The zero-order chi connectivity index (χ0) is 16.2. The summed E-state index contributed by atoms with van der Waals surface area (Å²) >= 11 is 5.99. The second kappa shape index (κ2) is 7.20. The first-order chi connectivity index (χ1) is 11.1. The molecule has 0 radical (unpaired) electrons. The molecule has 0 N–H and O–H groups in total. The molecule has 2 heterocycles. The molecule has 4 nitrogen and oxygen atoms in total. The molecule has 2 aromatic rings. The summed E-state index contributed by atoms with van der Waals surface area (Å²) in [5.74, 6) is 0.0703. The largest absolute Gasteiger partial charge is 0.345 e. The van der Waals surface area contributed by atoms with Crippen molar-refractivity contribution < 1.29 is 4.79 Å². The third-order valence-corrected chi connectivity index (χ3v) is 4.52. The van der Waals surface area contributed by atoms with Crippen LogP contribution in [0.2, 0.25) is 5.02 Å². The first-order valence-electron chi connectivity index (χ1n) is 8.01. The minimum Gasteiger partial charge on any atom is -0.345 e. The molecule has 0 bridgehead atoms. The molecule has 1 aromatic heterocycles. The molecule has 1 amide bonds. The van der Waals surface area contributed by atoms with Crippen molar-refractivity contribution in [1.29, 1.82) is 0 Å². The molecule has 1 aromatic carbocycles. The molecule has 0 spiro atoms. The highest BCUT2D eigenvalue weighted by molar-refractivity contribution is 6.31. The monoisotopic (exact) mass is 331 g/mol. The number of nitrogens with zero attached hydrogens (tertiary/aromatic N) is 3. The minimum atomic E-state index is 0.0703. The Labute approximate surface area is 142 Å². The Morgan fingerprint density at radius 2 is 1.91 bits per heavy atom. The molecule has 23 heavy (non-hydrogen) atoms. The van der Waals surface area contributed by atoms with Crippen LogP contribution in [0.3, 0.4) is 0 Å². The van der Waals surface area contributed by atoms with E-state index < -0.39 is 0 Å². The van der Waals surface area contributed by atoms with Crippen molar-refractivity contribution in [1.82, 2.24) is 14.4 Å². The summed E-state index contributed by atoms with van der Waals surface area (Å²) in [6.45, 7) is 4.42. The molecule has 0 aliphatic carbocycles. The van der Waals surface area contributed by atoms with Gasteiger partial charge in [-0.15, -0.1) is 0 Å². The second-order valence-corrected chi connectivity index (χ2v) is 6.50. The highest BCUT2D eigenvalue weighted by Crippen LogP contribution is 2.16. The molecule has 1 fully saturated rings. The van der Waals surface area contributed by atoms with E-state index in [4.69, 9.17) is 11.6 Å². The fourth-order valence-corrected chi connectivity index (χ4v) is 3.32. The Bertz CT molecular complexity index is 668. The van der Waals surface area contributed by atoms with E-state index in [2.05, 4.69) is 29.2 Å². The first-order valence-corrected chi connectivity index (χ1v) is 8.39. The third kappa shape index (κ3) is 3.95. The predicted molar refractivity (Wildman–Crippen MR) is 92.7 cm³/mol. The normalized spacial score (nSPS) is 16.3. The molecule has 122 valence electrons. The van der Waals surface area contributed by atoms with Gasteiger partial charge in [-0.3, -0.25) is 9.69 Å². The van der Waals surface area contributed by atoms with Crippen LogP contribution in [0.5, 0.6) is 0 Å². The maximum atomic E-state index is 12.7. The smallest absolute Gasteiger partial charge is 0.270 e. The highest BCUT2D eigenvalue weighted by Gasteiger charge is 2.22. The maximum Gasteiger partial charge on any atom is 0.270 e. The summed E-state index contributed by atoms with van der Waals surface area (Å²) in [6, 6.07) is 12.2. The number of hydrogen-bond donors (Lipinski definition) is 0. The van der Waals surface area contributed by atoms with Crippen molar-refractivity contribution >= 4 is 17.5 Å². The van der Waals surface area contributed by atoms with E-state index in [-0.39, 0.29) is 5.91 Å². The molecule has 1 saturated heterocycles. The van der Waals surface area contributed by atoms with E-state index in [1.165, 1.54) is 5.56 Å². The van der Waals surface area contributed by atoms with E-state index in [0.717, 1.165) is 39.1 Å². The molecule has 0 atom stereocenters. The van der Waals surface area contributed by atoms with Crippen LogP contribution in [0, 0.1) is 0 Å². The average molecular weight is 332 g/mol. The molecule has 0 unspecified atom stereocenters. The number of carbonyl (C=O) groups excluding carboxylic acids is 1. The Morgan fingerprint density at radius 3 is 2.61 bits per heavy atom. The van der Waals surface area contributed by atoms with E-state index in [0.29, 0.717) is 10.7 Å². The fraction of sp³-hybridized carbons (Fsp3) is 0.389. The molecule has 1 aliphatic heterocycles. The van der Waals surface area contributed by atoms with Crippen LogP contribution in [0.15, 0.2) is 42.6 Å². The van der Waals surface area contributed by atoms with Crippen LogP contribution in [0.25, 0.3) is 0 Å². The lowest BCUT2D eigenvalue weighted by Crippen LogP contribution is -2.35. The SMILES string of the molecule is Cn1cc(Cl)cc1C(=O)N1CCCN(Cc2ccccc2)CC1. The zero-order valence-electron chi connectivity index (χ0n) is 13.4. The number of aryl methyl sites for hydroxylation is 1. The van der Waals surface area contributed by atoms with Gasteiger partial charge in [0.15, 0.2) is 0 Å². The summed E-state index contributed by atoms with van der Waals surface area (Å²) < 4.78 is 1.80. The van der Waals surface area contributed by atoms with Crippen LogP contribution >= 0.6 is 11.6 Å². The molecule has 0 saturated carbocycles. The Hall–Kier alpha value is -1.78. The minimum absolute atomic E-state index is 0.0703. The van der Waals surface area contributed by atoms with Gasteiger partial charge in [0, 0.05) is 46.0 Å². The van der Waals surface area contributed by atoms with Gasteiger partial charge in [0.1, 0.15) is 5.69 Å². The van der Waals surface area contributed by atoms with Gasteiger partial charge in [0.25, 0.3) is 5.91 Å². The average Bonchev–Trinajstić information content (AvgIpc) is 2.74.